The smallest absolute Gasteiger partial charge is 0.245 e. The van der Waals surface area contributed by atoms with Gasteiger partial charge in [-0.25, -0.2) is 0 Å². The number of ketones is 1. The monoisotopic (exact) mass is 542 g/mol. The molecule has 0 bridgehead atoms. The summed E-state index contributed by atoms with van der Waals surface area (Å²) in [6.07, 6.45) is 3.40. The Morgan fingerprint density at radius 1 is 1.16 bits per heavy atom. The molecule has 2 N–H and O–H groups in total. The third kappa shape index (κ3) is 6.41. The first kappa shape index (κ1) is 27.3. The fourth-order valence-electron chi connectivity index (χ4n) is 4.63. The van der Waals surface area contributed by atoms with Crippen LogP contribution < -0.4 is 10.6 Å². The number of nitrogens with zero attached hydrogens (tertiary/aromatic N) is 3. The molecule has 0 unspecified atom stereocenters. The molecule has 196 valence electrons. The molecule has 1 aromatic heterocycles. The van der Waals surface area contributed by atoms with E-state index in [0.717, 1.165) is 54.2 Å². The molecule has 0 radical (unpaired) electrons. The number of halogens is 1. The van der Waals surface area contributed by atoms with Gasteiger partial charge in [0.05, 0.1) is 18.3 Å². The number of hydrogen-bond donors (Lipinski definition) is 1. The maximum absolute atomic E-state index is 13.3. The quantitative estimate of drug-likeness (QED) is 0.423. The van der Waals surface area contributed by atoms with Crippen LogP contribution in [0, 0.1) is 12.8 Å². The lowest BCUT2D eigenvalue weighted by Crippen LogP contribution is -2.44. The van der Waals surface area contributed by atoms with Crippen molar-refractivity contribution in [1.29, 1.82) is 0 Å². The normalized spacial score (nSPS) is 18.2. The number of aryl methyl sites for hydroxylation is 1. The van der Waals surface area contributed by atoms with Crippen LogP contribution in [-0.2, 0) is 16.1 Å². The van der Waals surface area contributed by atoms with E-state index in [-0.39, 0.29) is 24.1 Å². The molecule has 1 atom stereocenters. The summed E-state index contributed by atoms with van der Waals surface area (Å²) in [5.74, 6) is 2.02. The zero-order valence-electron chi connectivity index (χ0n) is 20.7. The topological polar surface area (TPSA) is 112 Å². The minimum absolute atomic E-state index is 0. The number of fused-ring (bicyclic) bond motifs is 1. The van der Waals surface area contributed by atoms with Crippen LogP contribution in [0.25, 0.3) is 11.4 Å². The molecule has 3 heterocycles. The van der Waals surface area contributed by atoms with Gasteiger partial charge in [-0.15, -0.1) is 24.2 Å². The summed E-state index contributed by atoms with van der Waals surface area (Å²) in [7, 11) is 0. The van der Waals surface area contributed by atoms with Crippen LogP contribution in [0.3, 0.4) is 0 Å². The number of thioether (sulfide) groups is 1. The van der Waals surface area contributed by atoms with E-state index in [1.54, 1.807) is 23.6 Å². The van der Waals surface area contributed by atoms with Gasteiger partial charge in [0, 0.05) is 48.3 Å². The number of aromatic nitrogens is 2. The molecule has 37 heavy (non-hydrogen) atoms. The van der Waals surface area contributed by atoms with Gasteiger partial charge in [0.2, 0.25) is 17.6 Å². The van der Waals surface area contributed by atoms with E-state index in [4.69, 9.17) is 15.0 Å². The van der Waals surface area contributed by atoms with Crippen molar-refractivity contribution in [1.82, 2.24) is 10.1 Å². The second kappa shape index (κ2) is 12.2. The van der Waals surface area contributed by atoms with Crippen molar-refractivity contribution in [3.8, 4) is 11.4 Å². The first-order valence-corrected chi connectivity index (χ1v) is 13.3. The van der Waals surface area contributed by atoms with E-state index in [2.05, 4.69) is 10.1 Å². The van der Waals surface area contributed by atoms with Crippen molar-refractivity contribution >= 4 is 41.5 Å². The predicted octanol–water partition coefficient (Wildman–Crippen LogP) is 4.82. The first-order valence-electron chi connectivity index (χ1n) is 12.3. The summed E-state index contributed by atoms with van der Waals surface area (Å²) >= 11 is 1.55. The minimum atomic E-state index is -0.614. The van der Waals surface area contributed by atoms with Gasteiger partial charge >= 0.3 is 0 Å². The van der Waals surface area contributed by atoms with Gasteiger partial charge in [-0.3, -0.25) is 9.59 Å². The summed E-state index contributed by atoms with van der Waals surface area (Å²) in [6.45, 7) is 3.66. The van der Waals surface area contributed by atoms with Crippen LogP contribution in [0.15, 0.2) is 51.9 Å². The molecule has 1 saturated heterocycles. The average molecular weight is 543 g/mol. The first-order chi connectivity index (χ1) is 17.5. The van der Waals surface area contributed by atoms with Gasteiger partial charge < -0.3 is 19.9 Å². The molecule has 8 nitrogen and oxygen atoms in total. The van der Waals surface area contributed by atoms with Crippen molar-refractivity contribution < 1.29 is 18.8 Å². The molecular formula is C27H31ClN4O4S. The van der Waals surface area contributed by atoms with E-state index < -0.39 is 6.04 Å². The van der Waals surface area contributed by atoms with Crippen LogP contribution in [0.1, 0.15) is 47.5 Å². The predicted molar refractivity (Wildman–Crippen MR) is 145 cm³/mol. The number of Topliss-reactive ketones (excluding diaryl/α,β-unsaturated/α-hetero) is 1. The molecule has 1 amide bonds. The number of ether oxygens (including phenoxy) is 1. The lowest BCUT2D eigenvalue weighted by Gasteiger charge is -2.25. The molecule has 3 aromatic rings. The maximum Gasteiger partial charge on any atom is 0.245 e. The van der Waals surface area contributed by atoms with Crippen molar-refractivity contribution in [2.24, 2.45) is 11.7 Å². The van der Waals surface area contributed by atoms with Gasteiger partial charge in [-0.2, -0.15) is 4.98 Å². The lowest BCUT2D eigenvalue weighted by molar-refractivity contribution is -0.119. The van der Waals surface area contributed by atoms with Crippen molar-refractivity contribution in [3.05, 3.63) is 59.5 Å². The lowest BCUT2D eigenvalue weighted by atomic mass is 9.92. The fourth-order valence-corrected chi connectivity index (χ4v) is 5.61. The zero-order chi connectivity index (χ0) is 25.1. The Kier molecular flexibility index (Phi) is 9.02. The summed E-state index contributed by atoms with van der Waals surface area (Å²) in [5, 5.41) is 3.96. The largest absolute Gasteiger partial charge is 0.381 e. The molecule has 2 aliphatic rings. The number of amides is 1. The van der Waals surface area contributed by atoms with Gasteiger partial charge in [0.1, 0.15) is 0 Å². The maximum atomic E-state index is 13.3. The zero-order valence-corrected chi connectivity index (χ0v) is 22.4. The standard InChI is InChI=1S/C27H30N4O4S.ClH/c1-17-29-26(30-35-17)20-5-2-19(3-6-20)15-31-23-14-21(7-9-25(23)36-16-22(28)27(31)33)24(32)8-4-18-10-12-34-13-11-18;/h2-3,5-7,9,14,18,22H,4,8,10-13,15-16,28H2,1H3;1H/t22-;/m0./s1. The van der Waals surface area contributed by atoms with E-state index in [1.165, 1.54) is 0 Å². The number of anilines is 1. The summed E-state index contributed by atoms with van der Waals surface area (Å²) < 4.78 is 10.5. The Bertz CT molecular complexity index is 1240. The molecule has 5 rings (SSSR count). The average Bonchev–Trinajstić information content (AvgIpc) is 3.31. The summed E-state index contributed by atoms with van der Waals surface area (Å²) in [5.41, 5.74) is 9.37. The van der Waals surface area contributed by atoms with Crippen molar-refractivity contribution in [3.63, 3.8) is 0 Å². The van der Waals surface area contributed by atoms with Crippen LogP contribution >= 0.6 is 24.2 Å². The van der Waals surface area contributed by atoms with Crippen LogP contribution in [-0.4, -0.2) is 46.8 Å². The van der Waals surface area contributed by atoms with E-state index in [0.29, 0.717) is 41.9 Å². The van der Waals surface area contributed by atoms with Gasteiger partial charge in [0.15, 0.2) is 5.78 Å². The summed E-state index contributed by atoms with van der Waals surface area (Å²) in [4.78, 5) is 33.3. The Balaban J connectivity index is 0.00000320. The Morgan fingerprint density at radius 2 is 1.92 bits per heavy atom. The highest BCUT2D eigenvalue weighted by Crippen LogP contribution is 2.36. The van der Waals surface area contributed by atoms with Crippen molar-refractivity contribution in [2.75, 3.05) is 23.9 Å². The molecule has 0 aliphatic carbocycles. The molecule has 2 aromatic carbocycles. The van der Waals surface area contributed by atoms with E-state index in [1.807, 2.05) is 42.5 Å². The van der Waals surface area contributed by atoms with Crippen LogP contribution in [0.4, 0.5) is 5.69 Å². The highest BCUT2D eigenvalue weighted by molar-refractivity contribution is 7.99. The second-order valence-corrected chi connectivity index (χ2v) is 10.4. The number of carbonyl (C=O) groups is 2. The molecule has 2 aliphatic heterocycles. The third-order valence-electron chi connectivity index (χ3n) is 6.77. The number of nitrogens with two attached hydrogens (primary N) is 1. The summed E-state index contributed by atoms with van der Waals surface area (Å²) in [6, 6.07) is 12.8. The minimum Gasteiger partial charge on any atom is -0.381 e. The fraction of sp³-hybridized carbons (Fsp3) is 0.407. The second-order valence-electron chi connectivity index (χ2n) is 9.38. The van der Waals surface area contributed by atoms with Gasteiger partial charge in [-0.05, 0) is 42.9 Å². The Hall–Kier alpha value is -2.72. The molecule has 10 heteroatoms. The SMILES string of the molecule is Cc1nc(-c2ccc(CN3C(=O)[C@@H](N)CSc4ccc(C(=O)CCC5CCOCC5)cc43)cc2)no1.Cl. The molecular weight excluding hydrogens is 512 g/mol. The van der Waals surface area contributed by atoms with Gasteiger partial charge in [0.25, 0.3) is 0 Å². The molecule has 0 spiro atoms. The van der Waals surface area contributed by atoms with Crippen LogP contribution in [0.5, 0.6) is 0 Å². The number of benzene rings is 2. The third-order valence-corrected chi connectivity index (χ3v) is 7.96. The van der Waals surface area contributed by atoms with E-state index >= 15 is 0 Å². The Labute approximate surface area is 226 Å². The van der Waals surface area contributed by atoms with Gasteiger partial charge in [-0.1, -0.05) is 35.5 Å². The molecule has 1 fully saturated rings. The molecule has 0 saturated carbocycles. The number of hydrogen-bond acceptors (Lipinski definition) is 8. The van der Waals surface area contributed by atoms with E-state index in [9.17, 15) is 9.59 Å². The Morgan fingerprint density at radius 3 is 2.62 bits per heavy atom. The van der Waals surface area contributed by atoms with Crippen LogP contribution in [0.2, 0.25) is 0 Å². The highest BCUT2D eigenvalue weighted by Gasteiger charge is 2.29. The number of rotatable bonds is 7. The number of carbonyl (C=O) groups excluding carboxylic acids is 2. The highest BCUT2D eigenvalue weighted by atomic mass is 35.5. The van der Waals surface area contributed by atoms with Crippen molar-refractivity contribution in [2.45, 2.75) is 50.1 Å².